The molecule has 0 aromatic heterocycles. The molecular weight excluding hydrogens is 239 g/mol. The molecule has 0 bridgehead atoms. The van der Waals surface area contributed by atoms with Crippen LogP contribution in [-0.2, 0) is 10.1 Å². The van der Waals surface area contributed by atoms with E-state index in [-0.39, 0.29) is 31.4 Å². The Labute approximate surface area is 111 Å². The Morgan fingerprint density at radius 3 is 2.12 bits per heavy atom. The number of allylic oxidation sites excluding steroid dienone is 2. The summed E-state index contributed by atoms with van der Waals surface area (Å²) in [7, 11) is -4.66. The molecule has 0 fully saturated rings. The van der Waals surface area contributed by atoms with Crippen molar-refractivity contribution in [3.05, 3.63) is 46.4 Å². The van der Waals surface area contributed by atoms with Gasteiger partial charge in [0.2, 0.25) is 5.78 Å². The van der Waals surface area contributed by atoms with Gasteiger partial charge in [0.15, 0.2) is 5.78 Å². The third-order valence-electron chi connectivity index (χ3n) is 2.20. The summed E-state index contributed by atoms with van der Waals surface area (Å²) in [5, 5.41) is 0. The van der Waals surface area contributed by atoms with E-state index < -0.39 is 26.6 Å². The summed E-state index contributed by atoms with van der Waals surface area (Å²) in [4.78, 5) is 22.3. The molecule has 0 heterocycles. The van der Waals surface area contributed by atoms with Gasteiger partial charge < -0.3 is 1.43 Å². The Hall–Kier alpha value is -1.19. The third-order valence-corrected chi connectivity index (χ3v) is 3.06. The van der Waals surface area contributed by atoms with Crippen molar-refractivity contribution in [2.24, 2.45) is 0 Å². The van der Waals surface area contributed by atoms with Gasteiger partial charge in [-0.3, -0.25) is 14.1 Å². The molecule has 0 saturated carbocycles. The Balaban J connectivity index is 0.00000144. The first-order valence-corrected chi connectivity index (χ1v) is 5.72. The van der Waals surface area contributed by atoms with E-state index in [1.165, 1.54) is 18.2 Å². The molecule has 7 heteroatoms. The molecule has 0 radical (unpaired) electrons. The number of Topliss-reactive ketones (excluding diaryl/α,β-unsaturated/α-hetero) is 1. The Morgan fingerprint density at radius 1 is 1.06 bits per heavy atom. The van der Waals surface area contributed by atoms with Crippen molar-refractivity contribution in [1.29, 1.82) is 0 Å². The molecule has 0 aliphatic heterocycles. The molecule has 1 aliphatic carbocycles. The summed E-state index contributed by atoms with van der Waals surface area (Å²) in [5.41, 5.74) is 0.127. The maximum Gasteiger partial charge on any atom is 1.00 e. The van der Waals surface area contributed by atoms with Gasteiger partial charge in [-0.15, -0.1) is 0 Å². The van der Waals surface area contributed by atoms with Crippen LogP contribution in [0.1, 0.15) is 22.1 Å². The molecule has 84 valence electrons. The smallest absolute Gasteiger partial charge is 1.00 e. The average Bonchev–Trinajstić information content (AvgIpc) is 2.22. The normalized spacial score (nSPS) is 14.8. The Kier molecular flexibility index (Phi) is 3.74. The van der Waals surface area contributed by atoms with Crippen LogP contribution in [0.15, 0.2) is 35.2 Å². The number of benzene rings is 1. The van der Waals surface area contributed by atoms with Gasteiger partial charge >= 0.3 is 18.9 Å². The van der Waals surface area contributed by atoms with E-state index in [4.69, 9.17) is 4.55 Å². The van der Waals surface area contributed by atoms with E-state index in [2.05, 4.69) is 0 Å². The van der Waals surface area contributed by atoms with Gasteiger partial charge in [-0.05, 0) is 0 Å². The van der Waals surface area contributed by atoms with Crippen LogP contribution in [0.2, 0.25) is 0 Å². The number of rotatable bonds is 1. The summed E-state index contributed by atoms with van der Waals surface area (Å²) in [6, 6.07) is 5.84. The van der Waals surface area contributed by atoms with Crippen LogP contribution in [0, 0.1) is 0 Å². The van der Waals surface area contributed by atoms with E-state index in [9.17, 15) is 18.0 Å². The van der Waals surface area contributed by atoms with Crippen LogP contribution in [0.5, 0.6) is 0 Å². The van der Waals surface area contributed by atoms with E-state index >= 15 is 0 Å². The van der Waals surface area contributed by atoms with Crippen LogP contribution in [0.25, 0.3) is 0 Å². The van der Waals surface area contributed by atoms with E-state index in [1.54, 1.807) is 6.07 Å². The topological polar surface area (TPSA) is 88.5 Å². The fraction of sp³-hybridized carbons (Fsp3) is 0. The summed E-state index contributed by atoms with van der Waals surface area (Å²) >= 11 is 0. The van der Waals surface area contributed by atoms with Crippen LogP contribution < -0.4 is 18.9 Å². The molecular formula is C10H7LiO5S. The fourth-order valence-corrected chi connectivity index (χ4v) is 2.08. The Morgan fingerprint density at radius 2 is 1.59 bits per heavy atom. The molecule has 0 spiro atoms. The molecule has 1 N–H and O–H groups in total. The van der Waals surface area contributed by atoms with E-state index in [1.807, 2.05) is 0 Å². The first-order chi connectivity index (χ1) is 7.41. The first-order valence-electron chi connectivity index (χ1n) is 4.28. The molecule has 1 aliphatic rings. The quantitative estimate of drug-likeness (QED) is 0.455. The second kappa shape index (κ2) is 4.59. The van der Waals surface area contributed by atoms with Crippen molar-refractivity contribution in [1.82, 2.24) is 0 Å². The van der Waals surface area contributed by atoms with Crippen molar-refractivity contribution < 1.29 is 42.8 Å². The maximum absolute atomic E-state index is 11.6. The van der Waals surface area contributed by atoms with Gasteiger partial charge in [-0.2, -0.15) is 8.42 Å². The van der Waals surface area contributed by atoms with Crippen molar-refractivity contribution in [3.63, 3.8) is 0 Å². The molecule has 2 rings (SSSR count). The summed E-state index contributed by atoms with van der Waals surface area (Å²) in [6.07, 6.45) is 0.639. The van der Waals surface area contributed by atoms with Gasteiger partial charge in [0.25, 0.3) is 10.1 Å². The summed E-state index contributed by atoms with van der Waals surface area (Å²) in [5.74, 6) is -1.47. The number of fused-ring (bicyclic) bond motifs is 1. The molecule has 17 heavy (non-hydrogen) atoms. The second-order valence-corrected chi connectivity index (χ2v) is 4.61. The molecule has 0 amide bonds. The second-order valence-electron chi connectivity index (χ2n) is 3.22. The van der Waals surface area contributed by atoms with Gasteiger partial charge in [0, 0.05) is 17.2 Å². The fourth-order valence-electron chi connectivity index (χ4n) is 1.48. The largest absolute Gasteiger partial charge is 1.00 e. The van der Waals surface area contributed by atoms with Gasteiger partial charge in [0.1, 0.15) is 4.91 Å². The maximum atomic E-state index is 11.6. The zero-order valence-corrected chi connectivity index (χ0v) is 9.69. The van der Waals surface area contributed by atoms with Gasteiger partial charge in [-0.1, -0.05) is 24.3 Å². The molecule has 1 aromatic rings. The molecule has 0 unspecified atom stereocenters. The van der Waals surface area contributed by atoms with Crippen molar-refractivity contribution in [2.45, 2.75) is 0 Å². The van der Waals surface area contributed by atoms with Crippen molar-refractivity contribution >= 4 is 21.7 Å². The van der Waals surface area contributed by atoms with Crippen molar-refractivity contribution in [2.75, 3.05) is 0 Å². The zero-order valence-electron chi connectivity index (χ0n) is 9.88. The SMILES string of the molecule is O=C1C=C(S(=O)(=O)O)C(=O)c2ccccc21.[H-].[Li+]. The number of hydrogen-bond acceptors (Lipinski definition) is 4. The average molecular weight is 246 g/mol. The molecule has 0 saturated heterocycles. The van der Waals surface area contributed by atoms with E-state index in [0.29, 0.717) is 6.08 Å². The molecule has 1 aromatic carbocycles. The molecule has 5 nitrogen and oxygen atoms in total. The predicted octanol–water partition coefficient (Wildman–Crippen LogP) is -2.05. The van der Waals surface area contributed by atoms with Crippen LogP contribution in [-0.4, -0.2) is 24.5 Å². The number of hydrogen-bond donors (Lipinski definition) is 1. The van der Waals surface area contributed by atoms with E-state index in [0.717, 1.165) is 0 Å². The van der Waals surface area contributed by atoms with Crippen molar-refractivity contribution in [3.8, 4) is 0 Å². The van der Waals surface area contributed by atoms with Crippen LogP contribution in [0.3, 0.4) is 0 Å². The minimum Gasteiger partial charge on any atom is -1.00 e. The zero-order chi connectivity index (χ0) is 11.9. The monoisotopic (exact) mass is 246 g/mol. The van der Waals surface area contributed by atoms with Crippen LogP contribution in [0.4, 0.5) is 0 Å². The standard InChI is InChI=1S/C10H6O5S.Li.H/c11-8-5-9(16(13,14)15)10(12)7-4-2-1-3-6(7)8;;/h1-5H,(H,13,14,15);;/q;+1;-1. The van der Waals surface area contributed by atoms with Crippen LogP contribution >= 0.6 is 0 Å². The minimum absolute atomic E-state index is 0. The number of ketones is 2. The third kappa shape index (κ3) is 2.40. The molecule has 0 atom stereocenters. The number of carbonyl (C=O) groups excluding carboxylic acids is 2. The summed E-state index contributed by atoms with van der Waals surface area (Å²) in [6.45, 7) is 0. The van der Waals surface area contributed by atoms with Gasteiger partial charge in [-0.25, -0.2) is 0 Å². The van der Waals surface area contributed by atoms with Gasteiger partial charge in [0.05, 0.1) is 0 Å². The minimum atomic E-state index is -4.66. The predicted molar refractivity (Wildman–Crippen MR) is 55.8 cm³/mol. The summed E-state index contributed by atoms with van der Waals surface area (Å²) < 4.78 is 30.5. The Bertz CT molecular complexity index is 635. The first kappa shape index (κ1) is 13.9. The number of carbonyl (C=O) groups is 2.